The second-order valence-electron chi connectivity index (χ2n) is 6.45. The summed E-state index contributed by atoms with van der Waals surface area (Å²) in [5.41, 5.74) is 2.20. The smallest absolute Gasteiger partial charge is 0.119 e. The van der Waals surface area contributed by atoms with Crippen molar-refractivity contribution in [3.63, 3.8) is 0 Å². The maximum atomic E-state index is 10.8. The molecular formula is C17H25NO2. The predicted octanol–water partition coefficient (Wildman–Crippen LogP) is 2.91. The third-order valence-corrected chi connectivity index (χ3v) is 5.38. The molecule has 2 heterocycles. The van der Waals surface area contributed by atoms with Crippen LogP contribution in [0.3, 0.4) is 0 Å². The average molecular weight is 275 g/mol. The summed E-state index contributed by atoms with van der Waals surface area (Å²) in [7, 11) is 3.92. The standard InChI is InChI=1S/C17H25NO2/c1-11-8-15(20-3)6-7-16(11)17(19)12-9-13-4-5-14(10-12)18(13)2/h6-8,12-14,17,19H,4-5,9-10H2,1-3H3. The first-order valence-corrected chi connectivity index (χ1v) is 7.64. The summed E-state index contributed by atoms with van der Waals surface area (Å²) in [5, 5.41) is 10.8. The second-order valence-corrected chi connectivity index (χ2v) is 6.45. The van der Waals surface area contributed by atoms with Crippen LogP contribution in [-0.4, -0.2) is 36.2 Å². The molecule has 1 aromatic carbocycles. The zero-order valence-corrected chi connectivity index (χ0v) is 12.7. The van der Waals surface area contributed by atoms with Gasteiger partial charge >= 0.3 is 0 Å². The van der Waals surface area contributed by atoms with Gasteiger partial charge in [0.1, 0.15) is 5.75 Å². The lowest BCUT2D eigenvalue weighted by Gasteiger charge is -2.38. The van der Waals surface area contributed by atoms with Crippen molar-refractivity contribution in [3.8, 4) is 5.75 Å². The molecule has 3 unspecified atom stereocenters. The summed E-state index contributed by atoms with van der Waals surface area (Å²) in [5.74, 6) is 1.26. The molecule has 0 radical (unpaired) electrons. The highest BCUT2D eigenvalue weighted by atomic mass is 16.5. The number of aliphatic hydroxyl groups is 1. The number of aryl methyl sites for hydroxylation is 1. The molecule has 0 amide bonds. The number of benzene rings is 1. The molecule has 2 saturated heterocycles. The van der Waals surface area contributed by atoms with Crippen molar-refractivity contribution in [3.05, 3.63) is 29.3 Å². The third-order valence-electron chi connectivity index (χ3n) is 5.38. The molecule has 0 aromatic heterocycles. The van der Waals surface area contributed by atoms with Crippen LogP contribution in [0, 0.1) is 12.8 Å². The van der Waals surface area contributed by atoms with Gasteiger partial charge in [-0.15, -0.1) is 0 Å². The molecule has 1 N–H and O–H groups in total. The van der Waals surface area contributed by atoms with Gasteiger partial charge in [-0.3, -0.25) is 0 Å². The predicted molar refractivity (Wildman–Crippen MR) is 80.0 cm³/mol. The lowest BCUT2D eigenvalue weighted by atomic mass is 9.82. The Morgan fingerprint density at radius 1 is 1.25 bits per heavy atom. The molecule has 20 heavy (non-hydrogen) atoms. The topological polar surface area (TPSA) is 32.7 Å². The number of fused-ring (bicyclic) bond motifs is 2. The van der Waals surface area contributed by atoms with E-state index < -0.39 is 0 Å². The summed E-state index contributed by atoms with van der Waals surface area (Å²) >= 11 is 0. The van der Waals surface area contributed by atoms with E-state index in [-0.39, 0.29) is 6.10 Å². The van der Waals surface area contributed by atoms with Crippen LogP contribution in [0.5, 0.6) is 5.75 Å². The van der Waals surface area contributed by atoms with E-state index in [0.717, 1.165) is 29.7 Å². The quantitative estimate of drug-likeness (QED) is 0.920. The summed E-state index contributed by atoms with van der Waals surface area (Å²) in [6.45, 7) is 2.06. The van der Waals surface area contributed by atoms with E-state index in [2.05, 4.69) is 18.9 Å². The van der Waals surface area contributed by atoms with E-state index in [1.807, 2.05) is 18.2 Å². The molecule has 110 valence electrons. The number of methoxy groups -OCH3 is 1. The molecule has 0 aliphatic carbocycles. The summed E-state index contributed by atoms with van der Waals surface area (Å²) < 4.78 is 5.25. The van der Waals surface area contributed by atoms with Crippen molar-refractivity contribution in [2.24, 2.45) is 5.92 Å². The van der Waals surface area contributed by atoms with Crippen LogP contribution >= 0.6 is 0 Å². The van der Waals surface area contributed by atoms with Gasteiger partial charge in [-0.2, -0.15) is 0 Å². The highest BCUT2D eigenvalue weighted by Crippen LogP contribution is 2.43. The van der Waals surface area contributed by atoms with Crippen molar-refractivity contribution < 1.29 is 9.84 Å². The van der Waals surface area contributed by atoms with Gasteiger partial charge < -0.3 is 14.7 Å². The first-order chi connectivity index (χ1) is 9.60. The zero-order chi connectivity index (χ0) is 14.3. The SMILES string of the molecule is COc1ccc(C(O)C2CC3CCC(C2)N3C)c(C)c1. The van der Waals surface area contributed by atoms with E-state index in [1.54, 1.807) is 7.11 Å². The largest absolute Gasteiger partial charge is 0.497 e. The lowest BCUT2D eigenvalue weighted by Crippen LogP contribution is -2.41. The number of hydrogen-bond acceptors (Lipinski definition) is 3. The van der Waals surface area contributed by atoms with Gasteiger partial charge in [0.25, 0.3) is 0 Å². The van der Waals surface area contributed by atoms with Gasteiger partial charge in [0.2, 0.25) is 0 Å². The van der Waals surface area contributed by atoms with Crippen LogP contribution in [0.4, 0.5) is 0 Å². The Hall–Kier alpha value is -1.06. The molecule has 3 atom stereocenters. The maximum Gasteiger partial charge on any atom is 0.119 e. The molecule has 3 nitrogen and oxygen atoms in total. The molecule has 2 bridgehead atoms. The molecule has 2 aliphatic rings. The van der Waals surface area contributed by atoms with Crippen molar-refractivity contribution in [1.29, 1.82) is 0 Å². The Labute approximate surface area is 121 Å². The van der Waals surface area contributed by atoms with Gasteiger partial charge in [0.05, 0.1) is 13.2 Å². The van der Waals surface area contributed by atoms with E-state index in [0.29, 0.717) is 18.0 Å². The highest BCUT2D eigenvalue weighted by Gasteiger charge is 2.41. The average Bonchev–Trinajstić information content (AvgIpc) is 2.67. The molecular weight excluding hydrogens is 250 g/mol. The normalized spacial score (nSPS) is 31.3. The fourth-order valence-corrected chi connectivity index (χ4v) is 4.07. The maximum absolute atomic E-state index is 10.8. The molecule has 3 heteroatoms. The van der Waals surface area contributed by atoms with E-state index in [9.17, 15) is 5.11 Å². The van der Waals surface area contributed by atoms with Crippen LogP contribution in [0.1, 0.15) is 42.9 Å². The number of piperidine rings is 1. The Morgan fingerprint density at radius 2 is 1.90 bits per heavy atom. The summed E-state index contributed by atoms with van der Waals surface area (Å²) in [6, 6.07) is 7.34. The van der Waals surface area contributed by atoms with Crippen molar-refractivity contribution >= 4 is 0 Å². The summed E-state index contributed by atoms with van der Waals surface area (Å²) in [4.78, 5) is 2.52. The highest BCUT2D eigenvalue weighted by molar-refractivity contribution is 5.36. The Balaban J connectivity index is 1.78. The van der Waals surface area contributed by atoms with Crippen molar-refractivity contribution in [2.45, 2.75) is 50.8 Å². The van der Waals surface area contributed by atoms with Gasteiger partial charge in [0.15, 0.2) is 0 Å². The van der Waals surface area contributed by atoms with Crippen LogP contribution in [0.2, 0.25) is 0 Å². The van der Waals surface area contributed by atoms with Crippen molar-refractivity contribution in [2.75, 3.05) is 14.2 Å². The van der Waals surface area contributed by atoms with Crippen LogP contribution in [0.25, 0.3) is 0 Å². The number of hydrogen-bond donors (Lipinski definition) is 1. The number of nitrogens with zero attached hydrogens (tertiary/aromatic N) is 1. The Morgan fingerprint density at radius 3 is 2.45 bits per heavy atom. The minimum absolute atomic E-state index is 0.335. The number of aliphatic hydroxyl groups excluding tert-OH is 1. The van der Waals surface area contributed by atoms with Crippen LogP contribution < -0.4 is 4.74 Å². The first-order valence-electron chi connectivity index (χ1n) is 7.64. The van der Waals surface area contributed by atoms with Crippen LogP contribution in [-0.2, 0) is 0 Å². The monoisotopic (exact) mass is 275 g/mol. The summed E-state index contributed by atoms with van der Waals surface area (Å²) in [6.07, 6.45) is 4.51. The van der Waals surface area contributed by atoms with E-state index >= 15 is 0 Å². The third kappa shape index (κ3) is 2.33. The molecule has 1 aromatic rings. The fraction of sp³-hybridized carbons (Fsp3) is 0.647. The molecule has 0 saturated carbocycles. The lowest BCUT2D eigenvalue weighted by molar-refractivity contribution is 0.0353. The van der Waals surface area contributed by atoms with E-state index in [4.69, 9.17) is 4.74 Å². The van der Waals surface area contributed by atoms with E-state index in [1.165, 1.54) is 12.8 Å². The van der Waals surface area contributed by atoms with Gasteiger partial charge in [-0.1, -0.05) is 6.07 Å². The Kier molecular flexibility index (Phi) is 3.74. The van der Waals surface area contributed by atoms with Gasteiger partial charge in [0, 0.05) is 12.1 Å². The molecule has 2 aliphatic heterocycles. The fourth-order valence-electron chi connectivity index (χ4n) is 4.07. The van der Waals surface area contributed by atoms with Crippen molar-refractivity contribution in [1.82, 2.24) is 4.90 Å². The number of ether oxygens (including phenoxy) is 1. The van der Waals surface area contributed by atoms with Gasteiger partial charge in [-0.05, 0) is 68.8 Å². The molecule has 3 rings (SSSR count). The first kappa shape index (κ1) is 13.9. The minimum atomic E-state index is -0.335. The zero-order valence-electron chi connectivity index (χ0n) is 12.7. The van der Waals surface area contributed by atoms with Crippen LogP contribution in [0.15, 0.2) is 18.2 Å². The molecule has 2 fully saturated rings. The molecule has 0 spiro atoms. The number of rotatable bonds is 3. The second kappa shape index (κ2) is 5.38. The minimum Gasteiger partial charge on any atom is -0.497 e. The van der Waals surface area contributed by atoms with Gasteiger partial charge in [-0.25, -0.2) is 0 Å². The Bertz CT molecular complexity index is 474.